The van der Waals surface area contributed by atoms with Crippen LogP contribution < -0.4 is 11.1 Å². The Morgan fingerprint density at radius 1 is 1.20 bits per heavy atom. The zero-order chi connectivity index (χ0) is 11.9. The third kappa shape index (κ3) is 7.02. The van der Waals surface area contributed by atoms with Gasteiger partial charge in [0.2, 0.25) is 0 Å². The standard InChI is InChI=1S/C10H26N2O2Si/c1-9(6-12-7-10(2)11)8-15(5,13-3)14-4/h9-10,12H,6-8,11H2,1-5H3. The molecule has 3 N–H and O–H groups in total. The third-order valence-electron chi connectivity index (χ3n) is 2.54. The first-order chi connectivity index (χ1) is 6.93. The highest BCUT2D eigenvalue weighted by Crippen LogP contribution is 2.17. The molecule has 0 aliphatic carbocycles. The van der Waals surface area contributed by atoms with E-state index in [-0.39, 0.29) is 6.04 Å². The molecule has 5 heteroatoms. The van der Waals surface area contributed by atoms with Crippen molar-refractivity contribution in [2.24, 2.45) is 11.7 Å². The normalized spacial score (nSPS) is 16.4. The minimum absolute atomic E-state index is 0.214. The van der Waals surface area contributed by atoms with Crippen molar-refractivity contribution in [2.45, 2.75) is 32.5 Å². The summed E-state index contributed by atoms with van der Waals surface area (Å²) >= 11 is 0. The van der Waals surface area contributed by atoms with E-state index in [9.17, 15) is 0 Å². The second kappa shape index (κ2) is 7.35. The van der Waals surface area contributed by atoms with E-state index >= 15 is 0 Å². The number of rotatable bonds is 8. The van der Waals surface area contributed by atoms with E-state index in [0.717, 1.165) is 19.1 Å². The Morgan fingerprint density at radius 2 is 1.73 bits per heavy atom. The van der Waals surface area contributed by atoms with Crippen LogP contribution in [0.25, 0.3) is 0 Å². The van der Waals surface area contributed by atoms with Crippen LogP contribution in [0.15, 0.2) is 0 Å². The fourth-order valence-corrected chi connectivity index (χ4v) is 3.42. The molecule has 0 amide bonds. The van der Waals surface area contributed by atoms with Gasteiger partial charge in [-0.15, -0.1) is 0 Å². The van der Waals surface area contributed by atoms with Gasteiger partial charge < -0.3 is 19.9 Å². The molecule has 0 spiro atoms. The first-order valence-corrected chi connectivity index (χ1v) is 8.02. The molecule has 0 radical (unpaired) electrons. The molecule has 0 aromatic carbocycles. The third-order valence-corrected chi connectivity index (χ3v) is 5.71. The van der Waals surface area contributed by atoms with Gasteiger partial charge in [-0.25, -0.2) is 0 Å². The lowest BCUT2D eigenvalue weighted by Gasteiger charge is -2.26. The largest absolute Gasteiger partial charge is 0.398 e. The summed E-state index contributed by atoms with van der Waals surface area (Å²) in [6.45, 7) is 8.13. The topological polar surface area (TPSA) is 56.5 Å². The number of nitrogens with two attached hydrogens (primary N) is 1. The summed E-state index contributed by atoms with van der Waals surface area (Å²) in [6, 6.07) is 1.22. The van der Waals surface area contributed by atoms with Gasteiger partial charge in [0.1, 0.15) is 0 Å². The van der Waals surface area contributed by atoms with Crippen molar-refractivity contribution < 1.29 is 8.85 Å². The molecule has 15 heavy (non-hydrogen) atoms. The first kappa shape index (κ1) is 15.1. The van der Waals surface area contributed by atoms with E-state index in [1.807, 2.05) is 6.92 Å². The number of nitrogens with one attached hydrogen (secondary N) is 1. The zero-order valence-electron chi connectivity index (χ0n) is 10.7. The van der Waals surface area contributed by atoms with Crippen LogP contribution in [0.5, 0.6) is 0 Å². The van der Waals surface area contributed by atoms with Crippen LogP contribution in [0.2, 0.25) is 12.6 Å². The van der Waals surface area contributed by atoms with Crippen LogP contribution in [0.3, 0.4) is 0 Å². The van der Waals surface area contributed by atoms with Gasteiger partial charge >= 0.3 is 8.56 Å². The lowest BCUT2D eigenvalue weighted by molar-refractivity contribution is 0.242. The molecular weight excluding hydrogens is 208 g/mol. The van der Waals surface area contributed by atoms with Gasteiger partial charge in [-0.1, -0.05) is 6.92 Å². The van der Waals surface area contributed by atoms with E-state index < -0.39 is 8.56 Å². The van der Waals surface area contributed by atoms with Gasteiger partial charge in [-0.05, 0) is 32.0 Å². The van der Waals surface area contributed by atoms with Gasteiger partial charge in [0.25, 0.3) is 0 Å². The van der Waals surface area contributed by atoms with Crippen LogP contribution in [0.4, 0.5) is 0 Å². The minimum atomic E-state index is -1.91. The summed E-state index contributed by atoms with van der Waals surface area (Å²) in [4.78, 5) is 0. The molecule has 0 aliphatic heterocycles. The Hall–Kier alpha value is 0.0569. The highest BCUT2D eigenvalue weighted by molar-refractivity contribution is 6.65. The Labute approximate surface area is 94.8 Å². The van der Waals surface area contributed by atoms with E-state index in [1.54, 1.807) is 14.2 Å². The molecule has 2 unspecified atom stereocenters. The van der Waals surface area contributed by atoms with Crippen LogP contribution in [-0.4, -0.2) is 41.9 Å². The predicted octanol–water partition coefficient (Wildman–Crippen LogP) is 0.924. The van der Waals surface area contributed by atoms with E-state index in [0.29, 0.717) is 5.92 Å². The van der Waals surface area contributed by atoms with Crippen molar-refractivity contribution in [1.29, 1.82) is 0 Å². The average molecular weight is 234 g/mol. The van der Waals surface area contributed by atoms with Crippen molar-refractivity contribution in [2.75, 3.05) is 27.3 Å². The molecule has 0 aromatic rings. The fraction of sp³-hybridized carbons (Fsp3) is 1.00. The van der Waals surface area contributed by atoms with Gasteiger partial charge in [0.05, 0.1) is 0 Å². The highest BCUT2D eigenvalue weighted by Gasteiger charge is 2.30. The van der Waals surface area contributed by atoms with Crippen LogP contribution >= 0.6 is 0 Å². The quantitative estimate of drug-likeness (QED) is 0.613. The van der Waals surface area contributed by atoms with Crippen molar-refractivity contribution in [3.63, 3.8) is 0 Å². The first-order valence-electron chi connectivity index (χ1n) is 5.50. The van der Waals surface area contributed by atoms with Crippen LogP contribution in [-0.2, 0) is 8.85 Å². The molecule has 92 valence electrons. The van der Waals surface area contributed by atoms with Crippen molar-refractivity contribution in [1.82, 2.24) is 5.32 Å². The molecular formula is C10H26N2O2Si. The molecule has 0 saturated carbocycles. The van der Waals surface area contributed by atoms with E-state index in [4.69, 9.17) is 14.6 Å². The van der Waals surface area contributed by atoms with Gasteiger partial charge in [0.15, 0.2) is 0 Å². The maximum absolute atomic E-state index is 5.66. The fourth-order valence-electron chi connectivity index (χ4n) is 1.51. The lowest BCUT2D eigenvalue weighted by Crippen LogP contribution is -2.40. The second-order valence-corrected chi connectivity index (χ2v) is 7.98. The number of hydrogen-bond donors (Lipinski definition) is 2. The highest BCUT2D eigenvalue weighted by atomic mass is 28.4. The summed E-state index contributed by atoms with van der Waals surface area (Å²) < 4.78 is 10.9. The predicted molar refractivity (Wildman–Crippen MR) is 66.1 cm³/mol. The SMILES string of the molecule is CO[Si](C)(CC(C)CNCC(C)N)OC. The van der Waals surface area contributed by atoms with Gasteiger partial charge in [0, 0.05) is 26.8 Å². The summed E-state index contributed by atoms with van der Waals surface area (Å²) in [5.74, 6) is 0.556. The second-order valence-electron chi connectivity index (χ2n) is 4.49. The van der Waals surface area contributed by atoms with Crippen molar-refractivity contribution in [3.8, 4) is 0 Å². The van der Waals surface area contributed by atoms with Crippen LogP contribution in [0, 0.1) is 5.92 Å². The summed E-state index contributed by atoms with van der Waals surface area (Å²) in [5.41, 5.74) is 5.66. The molecule has 0 aliphatic rings. The molecule has 0 heterocycles. The lowest BCUT2D eigenvalue weighted by atomic mass is 10.2. The molecule has 0 aromatic heterocycles. The Kier molecular flexibility index (Phi) is 7.38. The van der Waals surface area contributed by atoms with Crippen LogP contribution in [0.1, 0.15) is 13.8 Å². The van der Waals surface area contributed by atoms with Crippen molar-refractivity contribution >= 4 is 8.56 Å². The molecule has 4 nitrogen and oxygen atoms in total. The maximum atomic E-state index is 5.66. The molecule has 0 fully saturated rings. The van der Waals surface area contributed by atoms with Crippen molar-refractivity contribution in [3.05, 3.63) is 0 Å². The number of hydrogen-bond acceptors (Lipinski definition) is 4. The minimum Gasteiger partial charge on any atom is -0.398 e. The molecule has 2 atom stereocenters. The van der Waals surface area contributed by atoms with Gasteiger partial charge in [-0.2, -0.15) is 0 Å². The Bertz CT molecular complexity index is 164. The summed E-state index contributed by atoms with van der Waals surface area (Å²) in [5, 5.41) is 3.34. The summed E-state index contributed by atoms with van der Waals surface area (Å²) in [6.07, 6.45) is 0. The summed E-state index contributed by atoms with van der Waals surface area (Å²) in [7, 11) is 1.56. The smallest absolute Gasteiger partial charge is 0.334 e. The maximum Gasteiger partial charge on any atom is 0.334 e. The van der Waals surface area contributed by atoms with E-state index in [2.05, 4.69) is 18.8 Å². The van der Waals surface area contributed by atoms with E-state index in [1.165, 1.54) is 0 Å². The van der Waals surface area contributed by atoms with Gasteiger partial charge in [-0.3, -0.25) is 0 Å². The Balaban J connectivity index is 3.76. The molecule has 0 bridgehead atoms. The average Bonchev–Trinajstić information content (AvgIpc) is 2.17. The monoisotopic (exact) mass is 234 g/mol. The zero-order valence-corrected chi connectivity index (χ0v) is 11.7. The Morgan fingerprint density at radius 3 is 2.13 bits per heavy atom. The molecule has 0 rings (SSSR count). The molecule has 0 saturated heterocycles.